The highest BCUT2D eigenvalue weighted by Crippen LogP contribution is 2.43. The molecule has 0 aromatic rings. The summed E-state index contributed by atoms with van der Waals surface area (Å²) >= 11 is 0. The summed E-state index contributed by atoms with van der Waals surface area (Å²) in [7, 11) is 0. The minimum atomic E-state index is 0.00866. The minimum absolute atomic E-state index is 0.00866. The molecule has 2 aliphatic rings. The summed E-state index contributed by atoms with van der Waals surface area (Å²) in [5, 5.41) is 0. The molecule has 2 rings (SSSR count). The number of fused-ring (bicyclic) bond motifs is 2. The van der Waals surface area contributed by atoms with Crippen LogP contribution in [0.5, 0.6) is 0 Å². The molecule has 0 radical (unpaired) electrons. The summed E-state index contributed by atoms with van der Waals surface area (Å²) in [6, 6.07) is 0. The summed E-state index contributed by atoms with van der Waals surface area (Å²) in [5.41, 5.74) is 0. The molecule has 0 N–H and O–H groups in total. The third kappa shape index (κ3) is 1.15. The van der Waals surface area contributed by atoms with Crippen molar-refractivity contribution in [3.8, 4) is 0 Å². The SMILES string of the molecule is CCOC(=O)[C@@H]1C[C@H]2C=C[C@H]1C2. The molecule has 0 heterocycles. The van der Waals surface area contributed by atoms with Gasteiger partial charge in [0, 0.05) is 0 Å². The fraction of sp³-hybridized carbons (Fsp3) is 0.700. The van der Waals surface area contributed by atoms with Crippen molar-refractivity contribution in [1.29, 1.82) is 0 Å². The van der Waals surface area contributed by atoms with Gasteiger partial charge >= 0.3 is 5.97 Å². The van der Waals surface area contributed by atoms with Crippen molar-refractivity contribution in [2.45, 2.75) is 19.8 Å². The maximum Gasteiger partial charge on any atom is 0.309 e. The molecule has 2 heteroatoms. The number of carbonyl (C=O) groups is 1. The predicted molar refractivity (Wildman–Crippen MR) is 45.5 cm³/mol. The van der Waals surface area contributed by atoms with Crippen molar-refractivity contribution in [3.63, 3.8) is 0 Å². The lowest BCUT2D eigenvalue weighted by molar-refractivity contribution is -0.148. The number of esters is 1. The highest BCUT2D eigenvalue weighted by Gasteiger charge is 2.40. The van der Waals surface area contributed by atoms with Gasteiger partial charge in [0.25, 0.3) is 0 Å². The second kappa shape index (κ2) is 2.92. The molecule has 2 bridgehead atoms. The Bertz CT molecular complexity index is 220. The number of allylic oxidation sites excluding steroid dienone is 2. The van der Waals surface area contributed by atoms with E-state index in [2.05, 4.69) is 12.2 Å². The molecule has 0 spiro atoms. The third-order valence-electron chi connectivity index (χ3n) is 2.87. The van der Waals surface area contributed by atoms with Crippen LogP contribution in [0.1, 0.15) is 19.8 Å². The maximum absolute atomic E-state index is 11.4. The summed E-state index contributed by atoms with van der Waals surface area (Å²) in [4.78, 5) is 11.4. The Morgan fingerprint density at radius 2 is 2.33 bits per heavy atom. The van der Waals surface area contributed by atoms with Gasteiger partial charge in [-0.2, -0.15) is 0 Å². The first kappa shape index (κ1) is 7.84. The lowest BCUT2D eigenvalue weighted by Crippen LogP contribution is -2.21. The molecule has 0 amide bonds. The van der Waals surface area contributed by atoms with Gasteiger partial charge in [0.15, 0.2) is 0 Å². The van der Waals surface area contributed by atoms with Crippen LogP contribution in [0.15, 0.2) is 12.2 Å². The third-order valence-corrected chi connectivity index (χ3v) is 2.87. The molecule has 3 atom stereocenters. The van der Waals surface area contributed by atoms with E-state index in [1.165, 1.54) is 6.42 Å². The largest absolute Gasteiger partial charge is 0.466 e. The first-order chi connectivity index (χ1) is 5.81. The molecule has 2 aliphatic carbocycles. The molecule has 0 unspecified atom stereocenters. The molecule has 1 fully saturated rings. The molecular formula is C10H14O2. The standard InChI is InChI=1S/C10H14O2/c1-2-12-10(11)9-6-7-3-4-8(9)5-7/h3-4,7-9H,2,5-6H2,1H3/t7-,8-,9+/m0/s1. The van der Waals surface area contributed by atoms with Crippen LogP contribution >= 0.6 is 0 Å². The average molecular weight is 166 g/mol. The van der Waals surface area contributed by atoms with Gasteiger partial charge in [0.05, 0.1) is 12.5 Å². The van der Waals surface area contributed by atoms with Crippen molar-refractivity contribution < 1.29 is 9.53 Å². The number of carbonyl (C=O) groups excluding carboxylic acids is 1. The Hall–Kier alpha value is -0.790. The molecule has 2 nitrogen and oxygen atoms in total. The van der Waals surface area contributed by atoms with Crippen LogP contribution in [0.25, 0.3) is 0 Å². The van der Waals surface area contributed by atoms with Gasteiger partial charge in [-0.15, -0.1) is 0 Å². The van der Waals surface area contributed by atoms with Crippen molar-refractivity contribution in [3.05, 3.63) is 12.2 Å². The summed E-state index contributed by atoms with van der Waals surface area (Å²) in [6.45, 7) is 2.37. The number of hydrogen-bond acceptors (Lipinski definition) is 2. The van der Waals surface area contributed by atoms with Crippen LogP contribution in [0.2, 0.25) is 0 Å². The van der Waals surface area contributed by atoms with Gasteiger partial charge in [-0.05, 0) is 31.6 Å². The quantitative estimate of drug-likeness (QED) is 0.461. The molecule has 12 heavy (non-hydrogen) atoms. The highest BCUT2D eigenvalue weighted by molar-refractivity contribution is 5.74. The Balaban J connectivity index is 1.98. The van der Waals surface area contributed by atoms with E-state index in [-0.39, 0.29) is 11.9 Å². The first-order valence-corrected chi connectivity index (χ1v) is 4.66. The van der Waals surface area contributed by atoms with Crippen molar-refractivity contribution in [2.75, 3.05) is 6.61 Å². The fourth-order valence-corrected chi connectivity index (χ4v) is 2.30. The second-order valence-corrected chi connectivity index (χ2v) is 3.64. The smallest absolute Gasteiger partial charge is 0.309 e. The molecule has 1 saturated carbocycles. The lowest BCUT2D eigenvalue weighted by atomic mass is 9.94. The predicted octanol–water partition coefficient (Wildman–Crippen LogP) is 1.76. The lowest BCUT2D eigenvalue weighted by Gasteiger charge is -2.15. The average Bonchev–Trinajstić information content (AvgIpc) is 2.64. The minimum Gasteiger partial charge on any atom is -0.466 e. The number of rotatable bonds is 2. The van der Waals surface area contributed by atoms with E-state index < -0.39 is 0 Å². The molecule has 66 valence electrons. The van der Waals surface area contributed by atoms with Crippen LogP contribution in [0, 0.1) is 17.8 Å². The molecular weight excluding hydrogens is 152 g/mol. The first-order valence-electron chi connectivity index (χ1n) is 4.66. The maximum atomic E-state index is 11.4. The van der Waals surface area contributed by atoms with Crippen LogP contribution in [-0.4, -0.2) is 12.6 Å². The Morgan fingerprint density at radius 1 is 1.50 bits per heavy atom. The van der Waals surface area contributed by atoms with Crippen molar-refractivity contribution >= 4 is 5.97 Å². The van der Waals surface area contributed by atoms with Crippen molar-refractivity contribution in [2.24, 2.45) is 17.8 Å². The molecule has 0 aliphatic heterocycles. The van der Waals surface area contributed by atoms with E-state index in [9.17, 15) is 4.79 Å². The van der Waals surface area contributed by atoms with Gasteiger partial charge in [0.1, 0.15) is 0 Å². The Labute approximate surface area is 72.6 Å². The van der Waals surface area contributed by atoms with Crippen LogP contribution < -0.4 is 0 Å². The van der Waals surface area contributed by atoms with Crippen LogP contribution in [0.3, 0.4) is 0 Å². The van der Waals surface area contributed by atoms with E-state index in [4.69, 9.17) is 4.74 Å². The van der Waals surface area contributed by atoms with Crippen molar-refractivity contribution in [1.82, 2.24) is 0 Å². The van der Waals surface area contributed by atoms with E-state index in [0.717, 1.165) is 6.42 Å². The van der Waals surface area contributed by atoms with Crippen LogP contribution in [0.4, 0.5) is 0 Å². The number of hydrogen-bond donors (Lipinski definition) is 0. The summed E-state index contributed by atoms with van der Waals surface area (Å²) < 4.78 is 5.01. The highest BCUT2D eigenvalue weighted by atomic mass is 16.5. The second-order valence-electron chi connectivity index (χ2n) is 3.64. The van der Waals surface area contributed by atoms with Gasteiger partial charge in [-0.1, -0.05) is 12.2 Å². The van der Waals surface area contributed by atoms with Gasteiger partial charge in [-0.3, -0.25) is 4.79 Å². The zero-order chi connectivity index (χ0) is 8.55. The Kier molecular flexibility index (Phi) is 1.91. The van der Waals surface area contributed by atoms with Gasteiger partial charge < -0.3 is 4.74 Å². The van der Waals surface area contributed by atoms with Gasteiger partial charge in [0.2, 0.25) is 0 Å². The number of ether oxygens (including phenoxy) is 1. The fourth-order valence-electron chi connectivity index (χ4n) is 2.30. The van der Waals surface area contributed by atoms with Gasteiger partial charge in [-0.25, -0.2) is 0 Å². The van der Waals surface area contributed by atoms with E-state index in [0.29, 0.717) is 18.4 Å². The summed E-state index contributed by atoms with van der Waals surface area (Å²) in [6.07, 6.45) is 6.60. The Morgan fingerprint density at radius 3 is 2.83 bits per heavy atom. The van der Waals surface area contributed by atoms with E-state index >= 15 is 0 Å². The van der Waals surface area contributed by atoms with E-state index in [1.54, 1.807) is 0 Å². The molecule has 0 aromatic carbocycles. The normalized spacial score (nSPS) is 37.2. The van der Waals surface area contributed by atoms with Crippen LogP contribution in [-0.2, 0) is 9.53 Å². The zero-order valence-electron chi connectivity index (χ0n) is 7.32. The van der Waals surface area contributed by atoms with E-state index in [1.807, 2.05) is 6.92 Å². The zero-order valence-corrected chi connectivity index (χ0v) is 7.32. The monoisotopic (exact) mass is 166 g/mol. The molecule has 0 saturated heterocycles. The topological polar surface area (TPSA) is 26.3 Å². The molecule has 0 aromatic heterocycles. The summed E-state index contributed by atoms with van der Waals surface area (Å²) in [5.74, 6) is 1.31.